The predicted molar refractivity (Wildman–Crippen MR) is 85.9 cm³/mol. The number of furan rings is 1. The van der Waals surface area contributed by atoms with Crippen LogP contribution in [0.4, 0.5) is 0 Å². The molecule has 5 nitrogen and oxygen atoms in total. The summed E-state index contributed by atoms with van der Waals surface area (Å²) in [5, 5.41) is 9.75. The standard InChI is InChI=1S/C18H21NO4/c1-18(2)8-7-14-13(9-18)15(17(20)21)16(23-14)12-6-4-3-5-11(12)10-22-19/h3-6H,7-10,19H2,1-2H3,(H,20,21). The summed E-state index contributed by atoms with van der Waals surface area (Å²) in [5.41, 5.74) is 2.72. The quantitative estimate of drug-likeness (QED) is 0.843. The fraction of sp³-hybridized carbons (Fsp3) is 0.389. The van der Waals surface area contributed by atoms with Crippen LogP contribution in [0.2, 0.25) is 0 Å². The van der Waals surface area contributed by atoms with Gasteiger partial charge in [-0.1, -0.05) is 38.1 Å². The number of nitrogens with two attached hydrogens (primary N) is 1. The average Bonchev–Trinajstić information content (AvgIpc) is 2.85. The number of fused-ring (bicyclic) bond motifs is 1. The Bertz CT molecular complexity index is 745. The molecule has 0 saturated carbocycles. The van der Waals surface area contributed by atoms with E-state index in [1.807, 2.05) is 24.3 Å². The first-order valence-electron chi connectivity index (χ1n) is 7.71. The lowest BCUT2D eigenvalue weighted by Gasteiger charge is -2.28. The van der Waals surface area contributed by atoms with Crippen LogP contribution in [0, 0.1) is 5.41 Å². The van der Waals surface area contributed by atoms with Crippen LogP contribution in [0.25, 0.3) is 11.3 Å². The van der Waals surface area contributed by atoms with Gasteiger partial charge in [-0.05, 0) is 23.8 Å². The summed E-state index contributed by atoms with van der Waals surface area (Å²) >= 11 is 0. The zero-order valence-corrected chi connectivity index (χ0v) is 13.4. The molecule has 3 N–H and O–H groups in total. The highest BCUT2D eigenvalue weighted by Crippen LogP contribution is 2.42. The van der Waals surface area contributed by atoms with Crippen LogP contribution in [0.5, 0.6) is 0 Å². The maximum Gasteiger partial charge on any atom is 0.339 e. The highest BCUT2D eigenvalue weighted by atomic mass is 16.6. The number of benzene rings is 1. The molecular weight excluding hydrogens is 294 g/mol. The van der Waals surface area contributed by atoms with Gasteiger partial charge < -0.3 is 9.52 Å². The number of aromatic carboxylic acids is 1. The van der Waals surface area contributed by atoms with Gasteiger partial charge in [0.1, 0.15) is 17.1 Å². The molecule has 0 fully saturated rings. The Kier molecular flexibility index (Phi) is 4.00. The first-order chi connectivity index (χ1) is 10.9. The molecule has 23 heavy (non-hydrogen) atoms. The summed E-state index contributed by atoms with van der Waals surface area (Å²) < 4.78 is 5.99. The van der Waals surface area contributed by atoms with E-state index in [1.165, 1.54) is 0 Å². The molecule has 0 spiro atoms. The van der Waals surface area contributed by atoms with E-state index in [1.54, 1.807) is 0 Å². The molecular formula is C18H21NO4. The topological polar surface area (TPSA) is 85.7 Å². The van der Waals surface area contributed by atoms with E-state index in [2.05, 4.69) is 13.8 Å². The second-order valence-electron chi connectivity index (χ2n) is 6.82. The minimum absolute atomic E-state index is 0.0816. The Morgan fingerprint density at radius 1 is 1.39 bits per heavy atom. The smallest absolute Gasteiger partial charge is 0.339 e. The highest BCUT2D eigenvalue weighted by Gasteiger charge is 2.34. The molecule has 1 aliphatic carbocycles. The minimum Gasteiger partial charge on any atom is -0.478 e. The van der Waals surface area contributed by atoms with Crippen LogP contribution in [-0.4, -0.2) is 11.1 Å². The van der Waals surface area contributed by atoms with Gasteiger partial charge in [-0.3, -0.25) is 4.84 Å². The number of carboxylic acids is 1. The molecule has 0 aliphatic heterocycles. The number of aryl methyl sites for hydroxylation is 1. The zero-order chi connectivity index (χ0) is 16.6. The first kappa shape index (κ1) is 15.8. The predicted octanol–water partition coefficient (Wildman–Crippen LogP) is 3.55. The molecule has 1 aliphatic rings. The van der Waals surface area contributed by atoms with E-state index in [-0.39, 0.29) is 17.6 Å². The first-order valence-corrected chi connectivity index (χ1v) is 7.71. The molecule has 1 aromatic carbocycles. The van der Waals surface area contributed by atoms with Crippen molar-refractivity contribution in [1.29, 1.82) is 0 Å². The van der Waals surface area contributed by atoms with E-state index in [0.717, 1.165) is 35.3 Å². The summed E-state index contributed by atoms with van der Waals surface area (Å²) in [5.74, 6) is 5.44. The van der Waals surface area contributed by atoms with E-state index in [4.69, 9.17) is 15.2 Å². The van der Waals surface area contributed by atoms with E-state index in [9.17, 15) is 9.90 Å². The summed E-state index contributed by atoms with van der Waals surface area (Å²) in [7, 11) is 0. The van der Waals surface area contributed by atoms with Crippen LogP contribution >= 0.6 is 0 Å². The van der Waals surface area contributed by atoms with Gasteiger partial charge in [-0.25, -0.2) is 10.7 Å². The van der Waals surface area contributed by atoms with Crippen molar-refractivity contribution in [3.8, 4) is 11.3 Å². The third-order valence-electron chi connectivity index (χ3n) is 4.49. The van der Waals surface area contributed by atoms with Crippen molar-refractivity contribution in [1.82, 2.24) is 0 Å². The van der Waals surface area contributed by atoms with Gasteiger partial charge in [0.25, 0.3) is 0 Å². The summed E-state index contributed by atoms with van der Waals surface area (Å²) in [6.07, 6.45) is 2.46. The lowest BCUT2D eigenvalue weighted by molar-refractivity contribution is 0.0695. The van der Waals surface area contributed by atoms with Gasteiger partial charge in [0.05, 0.1) is 6.61 Å². The highest BCUT2D eigenvalue weighted by molar-refractivity contribution is 5.97. The van der Waals surface area contributed by atoms with Crippen molar-refractivity contribution >= 4 is 5.97 Å². The van der Waals surface area contributed by atoms with Crippen LogP contribution in [-0.2, 0) is 24.3 Å². The number of carboxylic acid groups (broad SMARTS) is 1. The average molecular weight is 315 g/mol. The molecule has 0 bridgehead atoms. The van der Waals surface area contributed by atoms with Crippen molar-refractivity contribution in [3.63, 3.8) is 0 Å². The SMILES string of the molecule is CC1(C)CCc2oc(-c3ccccc3CON)c(C(=O)O)c2C1. The van der Waals surface area contributed by atoms with Gasteiger partial charge in [0.2, 0.25) is 0 Å². The Morgan fingerprint density at radius 3 is 2.83 bits per heavy atom. The lowest BCUT2D eigenvalue weighted by atomic mass is 9.75. The van der Waals surface area contributed by atoms with Crippen LogP contribution in [0.15, 0.2) is 28.7 Å². The van der Waals surface area contributed by atoms with Crippen LogP contribution in [0.3, 0.4) is 0 Å². The zero-order valence-electron chi connectivity index (χ0n) is 13.4. The maximum atomic E-state index is 11.9. The molecule has 5 heteroatoms. The number of carbonyl (C=O) groups is 1. The number of rotatable bonds is 4. The van der Waals surface area contributed by atoms with Crippen LogP contribution in [0.1, 0.15) is 47.5 Å². The van der Waals surface area contributed by atoms with Crippen molar-refractivity contribution in [3.05, 3.63) is 46.7 Å². The molecule has 2 aromatic rings. The van der Waals surface area contributed by atoms with Crippen molar-refractivity contribution in [2.75, 3.05) is 0 Å². The third kappa shape index (κ3) is 2.90. The fourth-order valence-electron chi connectivity index (χ4n) is 3.29. The molecule has 1 heterocycles. The molecule has 0 saturated heterocycles. The lowest BCUT2D eigenvalue weighted by Crippen LogP contribution is -2.22. The van der Waals surface area contributed by atoms with Crippen molar-refractivity contribution < 1.29 is 19.2 Å². The number of hydrogen-bond acceptors (Lipinski definition) is 4. The monoisotopic (exact) mass is 315 g/mol. The maximum absolute atomic E-state index is 11.9. The summed E-state index contributed by atoms with van der Waals surface area (Å²) in [4.78, 5) is 16.6. The normalized spacial score (nSPS) is 16.1. The van der Waals surface area contributed by atoms with E-state index >= 15 is 0 Å². The third-order valence-corrected chi connectivity index (χ3v) is 4.49. The number of hydrogen-bond donors (Lipinski definition) is 2. The fourth-order valence-corrected chi connectivity index (χ4v) is 3.29. The largest absolute Gasteiger partial charge is 0.478 e. The Hall–Kier alpha value is -2.11. The second kappa shape index (κ2) is 5.83. The molecule has 0 amide bonds. The van der Waals surface area contributed by atoms with Crippen molar-refractivity contribution in [2.24, 2.45) is 11.3 Å². The molecule has 3 rings (SSSR count). The molecule has 0 unspecified atom stereocenters. The minimum atomic E-state index is -0.953. The van der Waals surface area contributed by atoms with Gasteiger partial charge >= 0.3 is 5.97 Å². The molecule has 0 radical (unpaired) electrons. The van der Waals surface area contributed by atoms with Crippen molar-refractivity contribution in [2.45, 2.75) is 39.7 Å². The Morgan fingerprint density at radius 2 is 2.13 bits per heavy atom. The Balaban J connectivity index is 2.18. The van der Waals surface area contributed by atoms with E-state index < -0.39 is 5.97 Å². The summed E-state index contributed by atoms with van der Waals surface area (Å²) in [6, 6.07) is 7.42. The Labute approximate surface area is 135 Å². The van der Waals surface area contributed by atoms with Gasteiger partial charge in [-0.2, -0.15) is 0 Å². The van der Waals surface area contributed by atoms with Crippen LogP contribution < -0.4 is 5.90 Å². The second-order valence-corrected chi connectivity index (χ2v) is 6.82. The molecule has 1 aromatic heterocycles. The van der Waals surface area contributed by atoms with Gasteiger partial charge in [0.15, 0.2) is 0 Å². The molecule has 0 atom stereocenters. The molecule has 122 valence electrons. The van der Waals surface area contributed by atoms with Gasteiger partial charge in [-0.15, -0.1) is 0 Å². The summed E-state index contributed by atoms with van der Waals surface area (Å²) in [6.45, 7) is 4.51. The van der Waals surface area contributed by atoms with Gasteiger partial charge in [0, 0.05) is 17.5 Å². The van der Waals surface area contributed by atoms with E-state index in [0.29, 0.717) is 12.2 Å².